The summed E-state index contributed by atoms with van der Waals surface area (Å²) in [7, 11) is 0. The molecule has 0 saturated heterocycles. The molecule has 3 aromatic rings. The number of benzene rings is 2. The van der Waals surface area contributed by atoms with Gasteiger partial charge in [0.05, 0.1) is 5.75 Å². The molecule has 1 heterocycles. The summed E-state index contributed by atoms with van der Waals surface area (Å²) < 4.78 is 0. The number of carbonyl (C=O) groups is 1. The summed E-state index contributed by atoms with van der Waals surface area (Å²) in [6.07, 6.45) is 1.42. The van der Waals surface area contributed by atoms with Crippen LogP contribution < -0.4 is 5.32 Å². The van der Waals surface area contributed by atoms with Crippen molar-refractivity contribution >= 4 is 35.1 Å². The molecule has 1 amide bonds. The van der Waals surface area contributed by atoms with Gasteiger partial charge in [-0.05, 0) is 55.3 Å². The number of thioether (sulfide) groups is 1. The zero-order chi connectivity index (χ0) is 17.6. The second-order valence-electron chi connectivity index (χ2n) is 5.52. The lowest BCUT2D eigenvalue weighted by atomic mass is 10.2. The van der Waals surface area contributed by atoms with Gasteiger partial charge in [0.1, 0.15) is 6.33 Å². The molecule has 0 unspecified atom stereocenters. The van der Waals surface area contributed by atoms with Gasteiger partial charge >= 0.3 is 0 Å². The van der Waals surface area contributed by atoms with Crippen LogP contribution in [0.3, 0.4) is 0 Å². The van der Waals surface area contributed by atoms with Gasteiger partial charge in [-0.15, -0.1) is 0 Å². The van der Waals surface area contributed by atoms with E-state index in [0.29, 0.717) is 5.16 Å². The van der Waals surface area contributed by atoms with Gasteiger partial charge in [-0.25, -0.2) is 4.98 Å². The Morgan fingerprint density at radius 2 is 1.96 bits per heavy atom. The quantitative estimate of drug-likeness (QED) is 0.633. The Morgan fingerprint density at radius 3 is 2.68 bits per heavy atom. The molecule has 0 spiro atoms. The van der Waals surface area contributed by atoms with E-state index in [1.165, 1.54) is 34.1 Å². The average Bonchev–Trinajstić information content (AvgIpc) is 3.12. The van der Waals surface area contributed by atoms with Crippen molar-refractivity contribution in [2.24, 2.45) is 0 Å². The molecular formula is C18H18N4OS2. The van der Waals surface area contributed by atoms with Crippen LogP contribution in [0.1, 0.15) is 11.1 Å². The molecule has 0 saturated carbocycles. The van der Waals surface area contributed by atoms with E-state index in [-0.39, 0.29) is 11.7 Å². The van der Waals surface area contributed by atoms with Crippen molar-refractivity contribution in [3.8, 4) is 0 Å². The fourth-order valence-corrected chi connectivity index (χ4v) is 3.72. The molecule has 0 atom stereocenters. The fourth-order valence-electron chi connectivity index (χ4n) is 2.15. The standard InChI is InChI=1S/C18H18N4OS2/c1-12-3-4-13(2)16(9-12)25-15-7-5-14(6-8-15)21-17(23)10-24-18-19-11-20-22-18/h3-9,11H,10H2,1-2H3,(H,21,23)(H,19,20,22). The van der Waals surface area contributed by atoms with Crippen LogP contribution in [0.5, 0.6) is 0 Å². The summed E-state index contributed by atoms with van der Waals surface area (Å²) in [5.74, 6) is 0.213. The molecule has 2 N–H and O–H groups in total. The predicted molar refractivity (Wildman–Crippen MR) is 102 cm³/mol. The first-order chi connectivity index (χ1) is 12.1. The molecule has 0 bridgehead atoms. The molecule has 0 radical (unpaired) electrons. The average molecular weight is 371 g/mol. The summed E-state index contributed by atoms with van der Waals surface area (Å²) in [5.41, 5.74) is 3.30. The maximum absolute atomic E-state index is 12.0. The van der Waals surface area contributed by atoms with Gasteiger partial charge in [-0.1, -0.05) is 35.7 Å². The van der Waals surface area contributed by atoms with Crippen molar-refractivity contribution in [1.29, 1.82) is 0 Å². The highest BCUT2D eigenvalue weighted by Gasteiger charge is 2.06. The maximum Gasteiger partial charge on any atom is 0.234 e. The second kappa shape index (κ2) is 8.22. The van der Waals surface area contributed by atoms with Gasteiger partial charge in [-0.3, -0.25) is 9.89 Å². The van der Waals surface area contributed by atoms with Crippen LogP contribution in [0.25, 0.3) is 0 Å². The smallest absolute Gasteiger partial charge is 0.234 e. The van der Waals surface area contributed by atoms with Gasteiger partial charge < -0.3 is 5.32 Å². The van der Waals surface area contributed by atoms with Crippen LogP contribution in [-0.4, -0.2) is 26.8 Å². The number of aryl methyl sites for hydroxylation is 2. The summed E-state index contributed by atoms with van der Waals surface area (Å²) in [6.45, 7) is 4.21. The largest absolute Gasteiger partial charge is 0.325 e. The molecule has 0 aliphatic carbocycles. The first-order valence-electron chi connectivity index (χ1n) is 7.73. The summed E-state index contributed by atoms with van der Waals surface area (Å²) in [6, 6.07) is 14.3. The van der Waals surface area contributed by atoms with Crippen molar-refractivity contribution in [3.05, 3.63) is 59.9 Å². The second-order valence-corrected chi connectivity index (χ2v) is 7.60. The van der Waals surface area contributed by atoms with E-state index in [0.717, 1.165) is 10.6 Å². The summed E-state index contributed by atoms with van der Waals surface area (Å²) in [5, 5.41) is 9.98. The van der Waals surface area contributed by atoms with Gasteiger partial charge in [-0.2, -0.15) is 5.10 Å². The van der Waals surface area contributed by atoms with E-state index < -0.39 is 0 Å². The topological polar surface area (TPSA) is 70.7 Å². The molecule has 0 aliphatic rings. The lowest BCUT2D eigenvalue weighted by Gasteiger charge is -2.08. The minimum absolute atomic E-state index is 0.0728. The molecule has 0 aliphatic heterocycles. The third-order valence-electron chi connectivity index (χ3n) is 3.44. The Hall–Kier alpha value is -2.25. The fraction of sp³-hybridized carbons (Fsp3) is 0.167. The first kappa shape index (κ1) is 17.6. The van der Waals surface area contributed by atoms with E-state index in [9.17, 15) is 4.79 Å². The molecule has 1 aromatic heterocycles. The number of H-pyrrole nitrogens is 1. The number of aromatic nitrogens is 3. The highest BCUT2D eigenvalue weighted by molar-refractivity contribution is 7.99. The number of hydrogen-bond acceptors (Lipinski definition) is 5. The molecule has 7 heteroatoms. The Balaban J connectivity index is 1.56. The number of nitrogens with zero attached hydrogens (tertiary/aromatic N) is 2. The number of amides is 1. The minimum atomic E-state index is -0.0728. The van der Waals surface area contributed by atoms with Crippen LogP contribution in [0, 0.1) is 13.8 Å². The number of nitrogens with one attached hydrogen (secondary N) is 2. The number of rotatable bonds is 6. The van der Waals surface area contributed by atoms with Crippen molar-refractivity contribution < 1.29 is 4.79 Å². The number of hydrogen-bond donors (Lipinski definition) is 2. The number of anilines is 1. The summed E-state index contributed by atoms with van der Waals surface area (Å²) in [4.78, 5) is 18.3. The van der Waals surface area contributed by atoms with Crippen LogP contribution in [0.15, 0.2) is 63.7 Å². The SMILES string of the molecule is Cc1ccc(C)c(Sc2ccc(NC(=O)CSc3ncn[nH]3)cc2)c1. The van der Waals surface area contributed by atoms with Gasteiger partial charge in [0.15, 0.2) is 5.16 Å². The van der Waals surface area contributed by atoms with E-state index in [4.69, 9.17) is 0 Å². The third-order valence-corrected chi connectivity index (χ3v) is 5.49. The maximum atomic E-state index is 12.0. The van der Waals surface area contributed by atoms with Gasteiger partial charge in [0, 0.05) is 15.5 Å². The molecule has 3 rings (SSSR count). The Bertz CT molecular complexity index is 848. The first-order valence-corrected chi connectivity index (χ1v) is 9.53. The summed E-state index contributed by atoms with van der Waals surface area (Å²) >= 11 is 3.05. The van der Waals surface area contributed by atoms with E-state index in [1.54, 1.807) is 11.8 Å². The molecule has 128 valence electrons. The minimum Gasteiger partial charge on any atom is -0.325 e. The van der Waals surface area contributed by atoms with Crippen LogP contribution >= 0.6 is 23.5 Å². The van der Waals surface area contributed by atoms with Crippen molar-refractivity contribution in [2.75, 3.05) is 11.1 Å². The molecule has 0 fully saturated rings. The van der Waals surface area contributed by atoms with Gasteiger partial charge in [0.2, 0.25) is 5.91 Å². The van der Waals surface area contributed by atoms with Crippen molar-refractivity contribution in [1.82, 2.24) is 15.2 Å². The van der Waals surface area contributed by atoms with Crippen molar-refractivity contribution in [2.45, 2.75) is 28.8 Å². The highest BCUT2D eigenvalue weighted by Crippen LogP contribution is 2.31. The molecule has 2 aromatic carbocycles. The predicted octanol–water partition coefficient (Wildman–Crippen LogP) is 4.30. The highest BCUT2D eigenvalue weighted by atomic mass is 32.2. The zero-order valence-electron chi connectivity index (χ0n) is 13.9. The van der Waals surface area contributed by atoms with E-state index >= 15 is 0 Å². The number of carbonyl (C=O) groups excluding carboxylic acids is 1. The van der Waals surface area contributed by atoms with Crippen LogP contribution in [0.4, 0.5) is 5.69 Å². The normalized spacial score (nSPS) is 10.6. The Morgan fingerprint density at radius 1 is 1.16 bits per heavy atom. The number of aromatic amines is 1. The third kappa shape index (κ3) is 5.11. The van der Waals surface area contributed by atoms with Crippen LogP contribution in [0.2, 0.25) is 0 Å². The van der Waals surface area contributed by atoms with Crippen LogP contribution in [-0.2, 0) is 4.79 Å². The molecule has 5 nitrogen and oxygen atoms in total. The van der Waals surface area contributed by atoms with Gasteiger partial charge in [0.25, 0.3) is 0 Å². The molecule has 25 heavy (non-hydrogen) atoms. The Labute approximate surface area is 155 Å². The zero-order valence-corrected chi connectivity index (χ0v) is 15.6. The molecular weight excluding hydrogens is 352 g/mol. The monoisotopic (exact) mass is 370 g/mol. The van der Waals surface area contributed by atoms with Crippen molar-refractivity contribution in [3.63, 3.8) is 0 Å². The Kier molecular flexibility index (Phi) is 5.78. The lowest BCUT2D eigenvalue weighted by molar-refractivity contribution is -0.113. The van der Waals surface area contributed by atoms with E-state index in [2.05, 4.69) is 52.5 Å². The van der Waals surface area contributed by atoms with E-state index in [1.807, 2.05) is 24.3 Å². The lowest BCUT2D eigenvalue weighted by Crippen LogP contribution is -2.14.